The molecule has 0 saturated carbocycles. The fourth-order valence-electron chi connectivity index (χ4n) is 2.97. The smallest absolute Gasteiger partial charge is 0.321 e. The molecule has 0 aliphatic carbocycles. The molecule has 8 heteroatoms. The van der Waals surface area contributed by atoms with E-state index in [4.69, 9.17) is 9.47 Å². The van der Waals surface area contributed by atoms with Crippen LogP contribution in [0.4, 0.5) is 9.93 Å². The number of carbonyl (C=O) groups excluding carboxylic acids is 2. The minimum absolute atomic E-state index is 0.105. The van der Waals surface area contributed by atoms with E-state index < -0.39 is 11.6 Å². The van der Waals surface area contributed by atoms with E-state index in [1.807, 2.05) is 37.3 Å². The van der Waals surface area contributed by atoms with Crippen molar-refractivity contribution in [2.75, 3.05) is 19.0 Å². The van der Waals surface area contributed by atoms with Gasteiger partial charge in [0.15, 0.2) is 5.13 Å². The number of benzene rings is 2. The molecule has 0 aliphatic heterocycles. The molecule has 3 aromatic rings. The van der Waals surface area contributed by atoms with Crippen molar-refractivity contribution < 1.29 is 19.1 Å². The highest BCUT2D eigenvalue weighted by atomic mass is 32.1. The molecule has 0 fully saturated rings. The summed E-state index contributed by atoms with van der Waals surface area (Å²) in [6, 6.07) is 11.6. The Labute approximate surface area is 185 Å². The molecule has 0 saturated heterocycles. The van der Waals surface area contributed by atoms with Gasteiger partial charge in [-0.3, -0.25) is 10.1 Å². The zero-order valence-electron chi connectivity index (χ0n) is 18.4. The average Bonchev–Trinajstić information content (AvgIpc) is 3.08. The number of ether oxygens (including phenoxy) is 2. The number of aromatic nitrogens is 1. The van der Waals surface area contributed by atoms with E-state index >= 15 is 0 Å². The third-order valence-electron chi connectivity index (χ3n) is 4.38. The Hall–Kier alpha value is -3.13. The molecule has 0 unspecified atom stereocenters. The van der Waals surface area contributed by atoms with Crippen LogP contribution in [-0.4, -0.2) is 36.2 Å². The van der Waals surface area contributed by atoms with Crippen molar-refractivity contribution in [2.24, 2.45) is 0 Å². The molecule has 164 valence electrons. The minimum Gasteiger partial charge on any atom is -0.496 e. The van der Waals surface area contributed by atoms with Crippen LogP contribution in [0, 0.1) is 6.92 Å². The van der Waals surface area contributed by atoms with Gasteiger partial charge in [0.05, 0.1) is 23.7 Å². The predicted octanol–water partition coefficient (Wildman–Crippen LogP) is 5.13. The van der Waals surface area contributed by atoms with E-state index in [1.54, 1.807) is 27.9 Å². The first-order valence-corrected chi connectivity index (χ1v) is 10.8. The van der Waals surface area contributed by atoms with Gasteiger partial charge < -0.3 is 14.8 Å². The second-order valence-electron chi connectivity index (χ2n) is 8.10. The standard InChI is InChI=1S/C23H27N3O4S/c1-14-6-7-15(12-18(14)29-5)16-8-9-17-19(13-16)31-22(25-17)26-21(28)24-11-10-20(27)30-23(2,3)4/h6-9,12-13H,10-11H2,1-5H3,(H2,24,25,26,28). The third-order valence-corrected chi connectivity index (χ3v) is 5.32. The molecular weight excluding hydrogens is 414 g/mol. The van der Waals surface area contributed by atoms with Crippen LogP contribution in [0.2, 0.25) is 0 Å². The molecule has 2 N–H and O–H groups in total. The van der Waals surface area contributed by atoms with Gasteiger partial charge in [0.25, 0.3) is 0 Å². The van der Waals surface area contributed by atoms with Crippen molar-refractivity contribution >= 4 is 38.7 Å². The first-order chi connectivity index (χ1) is 14.6. The summed E-state index contributed by atoms with van der Waals surface area (Å²) in [4.78, 5) is 28.3. The Morgan fingerprint density at radius 3 is 2.52 bits per heavy atom. The lowest BCUT2D eigenvalue weighted by Gasteiger charge is -2.19. The molecule has 7 nitrogen and oxygen atoms in total. The topological polar surface area (TPSA) is 89.5 Å². The number of nitrogens with one attached hydrogen (secondary N) is 2. The molecule has 2 amide bonds. The van der Waals surface area contributed by atoms with Gasteiger partial charge in [-0.25, -0.2) is 9.78 Å². The van der Waals surface area contributed by atoms with Gasteiger partial charge in [-0.1, -0.05) is 29.5 Å². The van der Waals surface area contributed by atoms with Crippen LogP contribution in [0.25, 0.3) is 21.3 Å². The van der Waals surface area contributed by atoms with Gasteiger partial charge in [0.2, 0.25) is 0 Å². The number of esters is 1. The maximum absolute atomic E-state index is 12.1. The molecule has 0 radical (unpaired) electrons. The van der Waals surface area contributed by atoms with E-state index in [9.17, 15) is 9.59 Å². The Balaban J connectivity index is 1.62. The summed E-state index contributed by atoms with van der Waals surface area (Å²) in [5, 5.41) is 5.86. The number of hydrogen-bond donors (Lipinski definition) is 2. The Morgan fingerprint density at radius 1 is 1.10 bits per heavy atom. The highest BCUT2D eigenvalue weighted by Gasteiger charge is 2.16. The highest BCUT2D eigenvalue weighted by molar-refractivity contribution is 7.22. The predicted molar refractivity (Wildman–Crippen MR) is 124 cm³/mol. The van der Waals surface area contributed by atoms with E-state index in [1.165, 1.54) is 11.3 Å². The molecular formula is C23H27N3O4S. The zero-order chi connectivity index (χ0) is 22.6. The summed E-state index contributed by atoms with van der Waals surface area (Å²) in [5.74, 6) is 0.486. The number of rotatable bonds is 6. The summed E-state index contributed by atoms with van der Waals surface area (Å²) >= 11 is 1.39. The van der Waals surface area contributed by atoms with E-state index in [0.29, 0.717) is 5.13 Å². The lowest BCUT2D eigenvalue weighted by molar-refractivity contribution is -0.154. The number of anilines is 1. The number of amides is 2. The maximum Gasteiger partial charge on any atom is 0.321 e. The van der Waals surface area contributed by atoms with Crippen molar-refractivity contribution in [3.05, 3.63) is 42.0 Å². The fraction of sp³-hybridized carbons (Fsp3) is 0.348. The van der Waals surface area contributed by atoms with Gasteiger partial charge >= 0.3 is 12.0 Å². The molecule has 0 bridgehead atoms. The van der Waals surface area contributed by atoms with Crippen LogP contribution in [0.15, 0.2) is 36.4 Å². The summed E-state index contributed by atoms with van der Waals surface area (Å²) in [7, 11) is 1.66. The summed E-state index contributed by atoms with van der Waals surface area (Å²) in [5.41, 5.74) is 3.43. The van der Waals surface area contributed by atoms with Crippen molar-refractivity contribution in [1.29, 1.82) is 0 Å². The van der Waals surface area contributed by atoms with Gasteiger partial charge in [-0.15, -0.1) is 0 Å². The van der Waals surface area contributed by atoms with E-state index in [2.05, 4.69) is 21.7 Å². The number of nitrogens with zero attached hydrogens (tertiary/aromatic N) is 1. The van der Waals surface area contributed by atoms with Crippen LogP contribution in [0.1, 0.15) is 32.8 Å². The van der Waals surface area contributed by atoms with Gasteiger partial charge in [0.1, 0.15) is 11.4 Å². The maximum atomic E-state index is 12.1. The first kappa shape index (κ1) is 22.6. The van der Waals surface area contributed by atoms with Gasteiger partial charge in [-0.05, 0) is 62.6 Å². The molecule has 31 heavy (non-hydrogen) atoms. The molecule has 1 heterocycles. The van der Waals surface area contributed by atoms with Gasteiger partial charge in [0, 0.05) is 6.54 Å². The fourth-order valence-corrected chi connectivity index (χ4v) is 3.87. The molecule has 0 atom stereocenters. The second kappa shape index (κ2) is 9.34. The number of fused-ring (bicyclic) bond motifs is 1. The Morgan fingerprint density at radius 2 is 1.81 bits per heavy atom. The van der Waals surface area contributed by atoms with E-state index in [-0.39, 0.29) is 18.9 Å². The molecule has 1 aromatic heterocycles. The summed E-state index contributed by atoms with van der Waals surface area (Å²) in [6.45, 7) is 7.60. The van der Waals surface area contributed by atoms with Crippen LogP contribution in [-0.2, 0) is 9.53 Å². The van der Waals surface area contributed by atoms with Crippen LogP contribution < -0.4 is 15.4 Å². The summed E-state index contributed by atoms with van der Waals surface area (Å²) < 4.78 is 11.6. The number of aryl methyl sites for hydroxylation is 1. The van der Waals surface area contributed by atoms with Crippen molar-refractivity contribution in [3.8, 4) is 16.9 Å². The van der Waals surface area contributed by atoms with Crippen LogP contribution in [0.3, 0.4) is 0 Å². The minimum atomic E-state index is -0.539. The molecule has 0 aliphatic rings. The molecule has 0 spiro atoms. The Bertz CT molecular complexity index is 1100. The normalized spacial score (nSPS) is 11.3. The lowest BCUT2D eigenvalue weighted by Crippen LogP contribution is -2.32. The quantitative estimate of drug-likeness (QED) is 0.518. The lowest BCUT2D eigenvalue weighted by atomic mass is 10.0. The largest absolute Gasteiger partial charge is 0.496 e. The van der Waals surface area contributed by atoms with Crippen molar-refractivity contribution in [3.63, 3.8) is 0 Å². The number of hydrogen-bond acceptors (Lipinski definition) is 6. The second-order valence-corrected chi connectivity index (χ2v) is 9.13. The highest BCUT2D eigenvalue weighted by Crippen LogP contribution is 2.32. The average molecular weight is 442 g/mol. The number of thiazole rings is 1. The Kier molecular flexibility index (Phi) is 6.80. The van der Waals surface area contributed by atoms with Crippen molar-refractivity contribution in [2.45, 2.75) is 39.7 Å². The van der Waals surface area contributed by atoms with E-state index in [0.717, 1.165) is 32.7 Å². The monoisotopic (exact) mass is 441 g/mol. The first-order valence-electron chi connectivity index (χ1n) is 9.97. The number of carbonyl (C=O) groups is 2. The van der Waals surface area contributed by atoms with Crippen LogP contribution >= 0.6 is 11.3 Å². The zero-order valence-corrected chi connectivity index (χ0v) is 19.2. The van der Waals surface area contributed by atoms with Crippen LogP contribution in [0.5, 0.6) is 5.75 Å². The molecule has 3 rings (SSSR count). The summed E-state index contributed by atoms with van der Waals surface area (Å²) in [6.07, 6.45) is 0.105. The van der Waals surface area contributed by atoms with Crippen molar-refractivity contribution in [1.82, 2.24) is 10.3 Å². The van der Waals surface area contributed by atoms with Gasteiger partial charge in [-0.2, -0.15) is 0 Å². The SMILES string of the molecule is COc1cc(-c2ccc3nc(NC(=O)NCCC(=O)OC(C)(C)C)sc3c2)ccc1C. The molecule has 2 aromatic carbocycles. The number of urea groups is 1. The third kappa shape index (κ3) is 6.18. The number of methoxy groups -OCH3 is 1.